The number of hydroxylamine groups is 1. The second-order valence-corrected chi connectivity index (χ2v) is 4.93. The largest absolute Gasteiger partial charge is 0.288 e. The first-order valence-corrected chi connectivity index (χ1v) is 6.54. The van der Waals surface area contributed by atoms with Gasteiger partial charge in [-0.15, -0.1) is 4.91 Å². The van der Waals surface area contributed by atoms with Crippen molar-refractivity contribution >= 4 is 11.4 Å². The molecule has 2 rings (SSSR count). The third-order valence-corrected chi connectivity index (χ3v) is 3.25. The summed E-state index contributed by atoms with van der Waals surface area (Å²) in [6, 6.07) is 13.2. The lowest BCUT2D eigenvalue weighted by Gasteiger charge is -2.28. The van der Waals surface area contributed by atoms with Crippen molar-refractivity contribution in [3.63, 3.8) is 0 Å². The van der Waals surface area contributed by atoms with E-state index in [2.05, 4.69) is 5.18 Å². The molecule has 0 aliphatic rings. The highest BCUT2D eigenvalue weighted by Gasteiger charge is 2.20. The van der Waals surface area contributed by atoms with Crippen molar-refractivity contribution in [2.45, 2.75) is 19.9 Å². The van der Waals surface area contributed by atoms with Crippen molar-refractivity contribution in [1.29, 1.82) is 0 Å². The summed E-state index contributed by atoms with van der Waals surface area (Å²) in [4.78, 5) is 10.6. The normalized spacial score (nSPS) is 13.5. The van der Waals surface area contributed by atoms with Crippen LogP contribution in [0.5, 0.6) is 0 Å². The number of hydrogen-bond acceptors (Lipinski definition) is 4. The maximum Gasteiger partial charge on any atom is 0.246 e. The van der Waals surface area contributed by atoms with Crippen LogP contribution in [0.1, 0.15) is 26.8 Å². The third kappa shape index (κ3) is 3.35. The Kier molecular flexibility index (Phi) is 3.38. The van der Waals surface area contributed by atoms with Gasteiger partial charge in [0, 0.05) is 0 Å². The molecular weight excluding hydrogens is 264 g/mol. The van der Waals surface area contributed by atoms with E-state index in [9.17, 15) is 4.91 Å². The zero-order valence-corrected chi connectivity index (χ0v) is 11.9. The summed E-state index contributed by atoms with van der Waals surface area (Å²) in [7, 11) is 0. The summed E-state index contributed by atoms with van der Waals surface area (Å²) in [5.41, 5.74) is 3.09. The van der Waals surface area contributed by atoms with E-state index in [-0.39, 0.29) is 12.2 Å². The molecule has 1 atom stereocenters. The molecule has 2 aromatic rings. The Morgan fingerprint density at radius 2 is 1.95 bits per heavy atom. The Morgan fingerprint density at radius 1 is 1.29 bits per heavy atom. The minimum Gasteiger partial charge on any atom is -0.288 e. The lowest BCUT2D eigenvalue weighted by molar-refractivity contribution is 0.229. The number of anilines is 1. The Hall–Kier alpha value is -2.46. The van der Waals surface area contributed by atoms with Gasteiger partial charge < -0.3 is 0 Å². The van der Waals surface area contributed by atoms with Gasteiger partial charge in [0.25, 0.3) is 0 Å². The maximum absolute atomic E-state index is 10.6. The number of rotatable bonds is 6. The second-order valence-electron chi connectivity index (χ2n) is 4.93. The molecule has 0 aromatic heterocycles. The van der Waals surface area contributed by atoms with Crippen LogP contribution in [-0.2, 0) is 0 Å². The highest BCUT2D eigenvalue weighted by atomic mass is 16.5. The average Bonchev–Trinajstić information content (AvgIpc) is 2.60. The zero-order chi connectivity index (χ0) is 17.7. The predicted molar refractivity (Wildman–Crippen MR) is 84.9 cm³/mol. The van der Waals surface area contributed by atoms with E-state index in [1.54, 1.807) is 19.1 Å². The molecule has 0 bridgehead atoms. The first-order chi connectivity index (χ1) is 11.5. The molecule has 4 nitrogen and oxygen atoms in total. The monoisotopic (exact) mass is 285 g/mol. The van der Waals surface area contributed by atoms with Crippen LogP contribution in [0, 0.1) is 11.8 Å². The number of nitroso groups, excluding NO2 is 1. The van der Waals surface area contributed by atoms with Crippen molar-refractivity contribution in [2.24, 2.45) is 5.18 Å². The Balaban J connectivity index is 2.52. The van der Waals surface area contributed by atoms with Crippen LogP contribution < -0.4 is 5.06 Å². The van der Waals surface area contributed by atoms with Crippen LogP contribution in [0.4, 0.5) is 11.4 Å². The fourth-order valence-corrected chi connectivity index (χ4v) is 2.12. The molecule has 0 aliphatic carbocycles. The number of hydrogen-bond donors (Lipinski definition) is 1. The quantitative estimate of drug-likeness (QED) is 0.466. The minimum atomic E-state index is -0.608. The molecule has 0 spiro atoms. The summed E-state index contributed by atoms with van der Waals surface area (Å²) in [5.74, 6) is 0. The van der Waals surface area contributed by atoms with Crippen molar-refractivity contribution in [2.75, 3.05) is 5.06 Å². The van der Waals surface area contributed by atoms with Gasteiger partial charge >= 0.3 is 0 Å². The highest BCUT2D eigenvalue weighted by molar-refractivity contribution is 5.53. The van der Waals surface area contributed by atoms with Gasteiger partial charge in [-0.3, -0.25) is 5.21 Å². The Morgan fingerprint density at radius 3 is 2.48 bits per heavy atom. The molecule has 0 fully saturated rings. The molecule has 4 heteroatoms. The van der Waals surface area contributed by atoms with Gasteiger partial charge in [-0.1, -0.05) is 41.9 Å². The summed E-state index contributed by atoms with van der Waals surface area (Å²) in [6.07, 6.45) is 0. The predicted octanol–water partition coefficient (Wildman–Crippen LogP) is 4.91. The number of aryl methyl sites for hydroxylation is 1. The van der Waals surface area contributed by atoms with E-state index in [1.807, 2.05) is 31.2 Å². The van der Waals surface area contributed by atoms with E-state index in [1.165, 1.54) is 17.2 Å². The third-order valence-electron chi connectivity index (χ3n) is 3.25. The first kappa shape index (κ1) is 11.2. The molecule has 0 amide bonds. The van der Waals surface area contributed by atoms with Gasteiger partial charge in [-0.25, -0.2) is 5.06 Å². The van der Waals surface area contributed by atoms with Crippen molar-refractivity contribution in [1.82, 2.24) is 0 Å². The lowest BCUT2D eigenvalue weighted by Crippen LogP contribution is -2.25. The van der Waals surface area contributed by atoms with Crippen LogP contribution in [0.2, 0.25) is 1.43 Å². The average molecular weight is 285 g/mol. The van der Waals surface area contributed by atoms with Gasteiger partial charge in [-0.2, -0.15) is 0 Å². The van der Waals surface area contributed by atoms with Crippen LogP contribution in [0.15, 0.2) is 65.8 Å². The lowest BCUT2D eigenvalue weighted by atomic mass is 9.99. The van der Waals surface area contributed by atoms with E-state index >= 15 is 0 Å². The molecule has 0 radical (unpaired) electrons. The molecule has 108 valence electrons. The number of nitrogens with zero attached hydrogens (tertiary/aromatic N) is 2. The van der Waals surface area contributed by atoms with E-state index < -0.39 is 6.04 Å². The topological polar surface area (TPSA) is 52.9 Å². The van der Waals surface area contributed by atoms with Gasteiger partial charge in [0.1, 0.15) is 11.7 Å². The minimum absolute atomic E-state index is 0.268. The molecule has 0 aliphatic heterocycles. The van der Waals surface area contributed by atoms with Crippen LogP contribution in [-0.4, -0.2) is 5.21 Å². The van der Waals surface area contributed by atoms with Crippen LogP contribution in [0.3, 0.4) is 0 Å². The molecule has 2 aromatic carbocycles. The molecule has 0 saturated carbocycles. The van der Waals surface area contributed by atoms with E-state index in [4.69, 9.17) is 9.38 Å². The van der Waals surface area contributed by atoms with Gasteiger partial charge in [0.15, 0.2) is 0 Å². The van der Waals surface area contributed by atoms with Gasteiger partial charge in [0.2, 0.25) is 1.43 Å². The smallest absolute Gasteiger partial charge is 0.246 e. The highest BCUT2D eigenvalue weighted by Crippen LogP contribution is 2.31. The zero-order valence-electron chi connectivity index (χ0n) is 14.9. The van der Waals surface area contributed by atoms with Crippen LogP contribution >= 0.6 is 0 Å². The summed E-state index contributed by atoms with van der Waals surface area (Å²) in [6.45, 7) is 3.28. The summed E-state index contributed by atoms with van der Waals surface area (Å²) in [5, 5.41) is 8.94. The van der Waals surface area contributed by atoms with Crippen molar-refractivity contribution in [3.8, 4) is 0 Å². The first-order valence-electron chi connectivity index (χ1n) is 7.95. The van der Waals surface area contributed by atoms with Gasteiger partial charge in [-0.05, 0) is 48.9 Å². The summed E-state index contributed by atoms with van der Waals surface area (Å²) < 4.78 is 22.7. The molecule has 0 saturated heterocycles. The maximum atomic E-state index is 10.6. The Labute approximate surface area is 128 Å². The fourth-order valence-electron chi connectivity index (χ4n) is 2.12. The van der Waals surface area contributed by atoms with E-state index in [0.717, 1.165) is 11.1 Å². The molecule has 21 heavy (non-hydrogen) atoms. The van der Waals surface area contributed by atoms with E-state index in [0.29, 0.717) is 11.3 Å². The standard InChI is InChI=1S/C17H18N2O2/c1-12(2)17(14-6-4-13(3)5-7-14)19(21)16-10-8-15(18-20)9-11-16/h4-11,17,21H,1H2,2-3H3/i1D2,21D. The van der Waals surface area contributed by atoms with Crippen LogP contribution in [0.25, 0.3) is 0 Å². The van der Waals surface area contributed by atoms with Gasteiger partial charge in [0.05, 0.1) is 8.43 Å². The van der Waals surface area contributed by atoms with Crippen molar-refractivity contribution < 1.29 is 9.38 Å². The molecule has 0 heterocycles. The number of benzene rings is 2. The Bertz CT molecular complexity index is 727. The molecular formula is C17H18N2O2. The second kappa shape index (κ2) is 6.33. The molecule has 1 unspecified atom stereocenters. The molecule has 1 N–H and O–H groups in total. The fraction of sp³-hybridized carbons (Fsp3) is 0.176. The SMILES string of the molecule is [2H]ON(c1ccc(N=O)cc1)C(C(C)=C([2H])[2H])c1ccc(C)cc1. The summed E-state index contributed by atoms with van der Waals surface area (Å²) >= 11 is 0. The van der Waals surface area contributed by atoms with Crippen molar-refractivity contribution in [3.05, 3.63) is 76.7 Å².